The molecule has 1 aliphatic heterocycles. The van der Waals surface area contributed by atoms with E-state index in [4.69, 9.17) is 0 Å². The third-order valence-corrected chi connectivity index (χ3v) is 3.15. The van der Waals surface area contributed by atoms with Crippen LogP contribution >= 0.6 is 0 Å². The summed E-state index contributed by atoms with van der Waals surface area (Å²) in [5.41, 5.74) is 0.372. The second kappa shape index (κ2) is 2.23. The summed E-state index contributed by atoms with van der Waals surface area (Å²) in [6.45, 7) is 3.23. The van der Waals surface area contributed by atoms with Gasteiger partial charge >= 0.3 is 0 Å². The minimum Gasteiger partial charge on any atom is -0.356 e. The molecule has 1 saturated carbocycles. The van der Waals surface area contributed by atoms with Gasteiger partial charge in [-0.3, -0.25) is 4.79 Å². The Balaban J connectivity index is 2.07. The molecule has 0 aromatic heterocycles. The molecule has 0 radical (unpaired) electrons. The third kappa shape index (κ3) is 1.15. The highest BCUT2D eigenvalue weighted by Crippen LogP contribution is 2.45. The van der Waals surface area contributed by atoms with E-state index in [0.29, 0.717) is 5.41 Å². The topological polar surface area (TPSA) is 29.1 Å². The molecule has 2 atom stereocenters. The molecule has 1 N–H and O–H groups in total. The van der Waals surface area contributed by atoms with E-state index in [9.17, 15) is 4.79 Å². The lowest BCUT2D eigenvalue weighted by atomic mass is 9.85. The Bertz CT molecular complexity index is 190. The molecule has 2 heteroatoms. The van der Waals surface area contributed by atoms with Crippen molar-refractivity contribution < 1.29 is 4.79 Å². The predicted octanol–water partition coefficient (Wildman–Crippen LogP) is 1.31. The van der Waals surface area contributed by atoms with Crippen LogP contribution in [-0.4, -0.2) is 12.5 Å². The van der Waals surface area contributed by atoms with Crippen LogP contribution in [-0.2, 0) is 4.79 Å². The quantitative estimate of drug-likeness (QED) is 0.558. The number of carbonyl (C=O) groups is 1. The van der Waals surface area contributed by atoms with Gasteiger partial charge in [-0.25, -0.2) is 0 Å². The minimum absolute atomic E-state index is 0.263. The maximum absolute atomic E-state index is 11.0. The summed E-state index contributed by atoms with van der Waals surface area (Å²) in [6.07, 6.45) is 4.62. The van der Waals surface area contributed by atoms with Crippen molar-refractivity contribution in [1.82, 2.24) is 5.32 Å². The van der Waals surface area contributed by atoms with Crippen molar-refractivity contribution in [3.8, 4) is 0 Å². The molecule has 0 aromatic rings. The van der Waals surface area contributed by atoms with Gasteiger partial charge < -0.3 is 5.32 Å². The zero-order valence-corrected chi connectivity index (χ0v) is 7.02. The molecular weight excluding hydrogens is 138 g/mol. The number of nitrogens with one attached hydrogen (secondary N) is 1. The van der Waals surface area contributed by atoms with Crippen molar-refractivity contribution in [2.24, 2.45) is 11.3 Å². The van der Waals surface area contributed by atoms with Crippen molar-refractivity contribution in [1.29, 1.82) is 0 Å². The maximum Gasteiger partial charge on any atom is 0.220 e. The first-order chi connectivity index (χ1) is 5.20. The molecular formula is C9H15NO. The van der Waals surface area contributed by atoms with Gasteiger partial charge in [0.1, 0.15) is 0 Å². The number of rotatable bonds is 0. The summed E-state index contributed by atoms with van der Waals surface area (Å²) in [4.78, 5) is 11.0. The van der Waals surface area contributed by atoms with Gasteiger partial charge in [0.25, 0.3) is 0 Å². The molecule has 1 heterocycles. The van der Waals surface area contributed by atoms with Crippen LogP contribution in [0.1, 0.15) is 32.6 Å². The van der Waals surface area contributed by atoms with Crippen LogP contribution in [0.2, 0.25) is 0 Å². The van der Waals surface area contributed by atoms with Gasteiger partial charge in [0, 0.05) is 13.0 Å². The summed E-state index contributed by atoms with van der Waals surface area (Å²) in [5.74, 6) is 1.10. The van der Waals surface area contributed by atoms with Gasteiger partial charge in [-0.1, -0.05) is 13.3 Å². The van der Waals surface area contributed by atoms with E-state index in [1.54, 1.807) is 0 Å². The molecule has 11 heavy (non-hydrogen) atoms. The van der Waals surface area contributed by atoms with E-state index in [1.807, 2.05) is 0 Å². The summed E-state index contributed by atoms with van der Waals surface area (Å²) >= 11 is 0. The fourth-order valence-electron chi connectivity index (χ4n) is 2.57. The highest BCUT2D eigenvalue weighted by Gasteiger charge is 2.42. The van der Waals surface area contributed by atoms with Gasteiger partial charge in [0.15, 0.2) is 0 Å². The Morgan fingerprint density at radius 1 is 1.64 bits per heavy atom. The third-order valence-electron chi connectivity index (χ3n) is 3.15. The summed E-state index contributed by atoms with van der Waals surface area (Å²) in [6, 6.07) is 0. The fraction of sp³-hybridized carbons (Fsp3) is 0.889. The lowest BCUT2D eigenvalue weighted by Gasteiger charge is -2.19. The Labute approximate surface area is 67.4 Å². The standard InChI is InChI=1S/C9H15NO/c1-7-2-3-9(4-7)5-8(11)10-6-9/h7H,2-6H2,1H3,(H,10,11). The second-order valence-electron chi connectivity index (χ2n) is 4.30. The molecule has 2 aliphatic rings. The number of hydrogen-bond acceptors (Lipinski definition) is 1. The van der Waals surface area contributed by atoms with E-state index < -0.39 is 0 Å². The second-order valence-corrected chi connectivity index (χ2v) is 4.30. The molecule has 0 bridgehead atoms. The lowest BCUT2D eigenvalue weighted by Crippen LogP contribution is -2.20. The molecule has 1 spiro atoms. The first-order valence-corrected chi connectivity index (χ1v) is 4.47. The van der Waals surface area contributed by atoms with Crippen LogP contribution in [0.4, 0.5) is 0 Å². The van der Waals surface area contributed by atoms with Gasteiger partial charge in [0.05, 0.1) is 0 Å². The van der Waals surface area contributed by atoms with Crippen molar-refractivity contribution in [2.45, 2.75) is 32.6 Å². The normalized spacial score (nSPS) is 43.4. The molecule has 2 rings (SSSR count). The van der Waals surface area contributed by atoms with Crippen LogP contribution < -0.4 is 5.32 Å². The van der Waals surface area contributed by atoms with Crippen molar-refractivity contribution in [3.63, 3.8) is 0 Å². The molecule has 62 valence electrons. The maximum atomic E-state index is 11.0. The SMILES string of the molecule is CC1CCC2(CNC(=O)C2)C1. The van der Waals surface area contributed by atoms with E-state index >= 15 is 0 Å². The Kier molecular flexibility index (Phi) is 1.44. The highest BCUT2D eigenvalue weighted by molar-refractivity contribution is 5.79. The van der Waals surface area contributed by atoms with Crippen LogP contribution in [0.5, 0.6) is 0 Å². The number of carbonyl (C=O) groups excluding carboxylic acids is 1. The molecule has 1 amide bonds. The van der Waals surface area contributed by atoms with Crippen LogP contribution in [0.15, 0.2) is 0 Å². The zero-order valence-electron chi connectivity index (χ0n) is 7.02. The molecule has 2 unspecified atom stereocenters. The molecule has 1 saturated heterocycles. The monoisotopic (exact) mass is 153 g/mol. The summed E-state index contributed by atoms with van der Waals surface area (Å²) in [7, 11) is 0. The average molecular weight is 153 g/mol. The van der Waals surface area contributed by atoms with Gasteiger partial charge in [-0.05, 0) is 24.2 Å². The van der Waals surface area contributed by atoms with Gasteiger partial charge in [-0.15, -0.1) is 0 Å². The van der Waals surface area contributed by atoms with E-state index in [1.165, 1.54) is 19.3 Å². The Morgan fingerprint density at radius 2 is 2.45 bits per heavy atom. The Hall–Kier alpha value is -0.530. The van der Waals surface area contributed by atoms with E-state index in [0.717, 1.165) is 18.9 Å². The first kappa shape index (κ1) is 7.14. The first-order valence-electron chi connectivity index (χ1n) is 4.47. The Morgan fingerprint density at radius 3 is 2.91 bits per heavy atom. The predicted molar refractivity (Wildman–Crippen MR) is 43.1 cm³/mol. The fourth-order valence-corrected chi connectivity index (χ4v) is 2.57. The van der Waals surface area contributed by atoms with Crippen LogP contribution in [0.3, 0.4) is 0 Å². The van der Waals surface area contributed by atoms with E-state index in [2.05, 4.69) is 12.2 Å². The minimum atomic E-state index is 0.263. The largest absolute Gasteiger partial charge is 0.356 e. The summed E-state index contributed by atoms with van der Waals surface area (Å²) in [5, 5.41) is 2.93. The zero-order chi connectivity index (χ0) is 7.90. The van der Waals surface area contributed by atoms with Crippen molar-refractivity contribution >= 4 is 5.91 Å². The smallest absolute Gasteiger partial charge is 0.220 e. The highest BCUT2D eigenvalue weighted by atomic mass is 16.1. The molecule has 2 nitrogen and oxygen atoms in total. The molecule has 2 fully saturated rings. The number of hydrogen-bond donors (Lipinski definition) is 1. The number of amides is 1. The lowest BCUT2D eigenvalue weighted by molar-refractivity contribution is -0.119. The van der Waals surface area contributed by atoms with Crippen molar-refractivity contribution in [2.75, 3.05) is 6.54 Å². The van der Waals surface area contributed by atoms with Crippen LogP contribution in [0, 0.1) is 11.3 Å². The van der Waals surface area contributed by atoms with Crippen LogP contribution in [0.25, 0.3) is 0 Å². The average Bonchev–Trinajstić information content (AvgIpc) is 2.44. The summed E-state index contributed by atoms with van der Waals surface area (Å²) < 4.78 is 0. The van der Waals surface area contributed by atoms with Gasteiger partial charge in [-0.2, -0.15) is 0 Å². The molecule has 0 aromatic carbocycles. The van der Waals surface area contributed by atoms with Crippen molar-refractivity contribution in [3.05, 3.63) is 0 Å². The molecule has 1 aliphatic carbocycles. The van der Waals surface area contributed by atoms with Gasteiger partial charge in [0.2, 0.25) is 5.91 Å². The van der Waals surface area contributed by atoms with E-state index in [-0.39, 0.29) is 5.91 Å².